The summed E-state index contributed by atoms with van der Waals surface area (Å²) in [5.74, 6) is -0.665. The van der Waals surface area contributed by atoms with Gasteiger partial charge >= 0.3 is 0 Å². The van der Waals surface area contributed by atoms with E-state index in [1.165, 1.54) is 0 Å². The maximum atomic E-state index is 12.1. The van der Waals surface area contributed by atoms with E-state index in [0.717, 1.165) is 15.6 Å². The highest BCUT2D eigenvalue weighted by atomic mass is 79.9. The lowest BCUT2D eigenvalue weighted by Gasteiger charge is -2.11. The molecule has 0 aliphatic heterocycles. The second kappa shape index (κ2) is 8.94. The van der Waals surface area contributed by atoms with Crippen molar-refractivity contribution >= 4 is 56.7 Å². The van der Waals surface area contributed by atoms with Crippen molar-refractivity contribution in [3.8, 4) is 0 Å². The summed E-state index contributed by atoms with van der Waals surface area (Å²) in [6.45, 7) is 1.92. The minimum absolute atomic E-state index is 0.00570. The first-order valence-corrected chi connectivity index (χ1v) is 8.84. The zero-order chi connectivity index (χ0) is 18.4. The second-order valence-electron chi connectivity index (χ2n) is 5.22. The highest BCUT2D eigenvalue weighted by Gasteiger charge is 2.10. The Labute approximate surface area is 164 Å². The summed E-state index contributed by atoms with van der Waals surface area (Å²) in [5, 5.41) is 3.11. The van der Waals surface area contributed by atoms with Crippen LogP contribution in [-0.2, 0) is 11.2 Å². The molecule has 2 amide bonds. The van der Waals surface area contributed by atoms with Gasteiger partial charge in [-0.3, -0.25) is 25.8 Å². The van der Waals surface area contributed by atoms with E-state index in [4.69, 9.17) is 23.8 Å². The number of aryl methyl sites for hydroxylation is 1. The van der Waals surface area contributed by atoms with Crippen LogP contribution in [0.3, 0.4) is 0 Å². The van der Waals surface area contributed by atoms with Crippen LogP contribution in [0.15, 0.2) is 46.9 Å². The third-order valence-electron chi connectivity index (χ3n) is 3.25. The fourth-order valence-corrected chi connectivity index (χ4v) is 2.55. The van der Waals surface area contributed by atoms with E-state index >= 15 is 0 Å². The van der Waals surface area contributed by atoms with Crippen molar-refractivity contribution in [3.05, 3.63) is 68.7 Å². The van der Waals surface area contributed by atoms with Crippen LogP contribution in [0.1, 0.15) is 21.5 Å². The van der Waals surface area contributed by atoms with Crippen molar-refractivity contribution in [2.45, 2.75) is 13.3 Å². The number of hydrogen-bond acceptors (Lipinski definition) is 3. The van der Waals surface area contributed by atoms with E-state index in [9.17, 15) is 9.59 Å². The summed E-state index contributed by atoms with van der Waals surface area (Å²) in [4.78, 5) is 24.0. The predicted molar refractivity (Wildman–Crippen MR) is 105 cm³/mol. The predicted octanol–water partition coefficient (Wildman–Crippen LogP) is 3.29. The minimum atomic E-state index is -0.370. The Hall–Kier alpha value is -1.96. The fraction of sp³-hybridized carbons (Fsp3) is 0.118. The Bertz CT molecular complexity index is 812. The van der Waals surface area contributed by atoms with Gasteiger partial charge in [0.25, 0.3) is 5.91 Å². The van der Waals surface area contributed by atoms with Crippen LogP contribution in [-0.4, -0.2) is 16.9 Å². The molecule has 3 N–H and O–H groups in total. The Morgan fingerprint density at radius 2 is 1.80 bits per heavy atom. The molecule has 0 heterocycles. The van der Waals surface area contributed by atoms with Gasteiger partial charge in [0.2, 0.25) is 5.91 Å². The van der Waals surface area contributed by atoms with Crippen LogP contribution in [0.2, 0.25) is 5.02 Å². The van der Waals surface area contributed by atoms with E-state index < -0.39 is 0 Å². The number of hydrazine groups is 1. The highest BCUT2D eigenvalue weighted by Crippen LogP contribution is 2.17. The normalized spacial score (nSPS) is 10.0. The van der Waals surface area contributed by atoms with Crippen LogP contribution in [0.4, 0.5) is 0 Å². The van der Waals surface area contributed by atoms with Crippen LogP contribution in [0, 0.1) is 6.92 Å². The van der Waals surface area contributed by atoms with Crippen LogP contribution in [0.5, 0.6) is 0 Å². The molecule has 0 spiro atoms. The van der Waals surface area contributed by atoms with Crippen molar-refractivity contribution in [1.82, 2.24) is 16.2 Å². The molecule has 0 saturated carbocycles. The molecule has 0 fully saturated rings. The number of halogens is 2. The zero-order valence-electron chi connectivity index (χ0n) is 13.2. The molecule has 0 aromatic heterocycles. The molecular formula is C17H15BrClN3O2S. The minimum Gasteiger partial charge on any atom is -0.298 e. The number of benzene rings is 2. The largest absolute Gasteiger partial charge is 0.298 e. The number of thiocarbonyl (C=S) groups is 1. The number of amides is 2. The first-order chi connectivity index (χ1) is 11.8. The Morgan fingerprint density at radius 1 is 1.12 bits per heavy atom. The van der Waals surface area contributed by atoms with E-state index in [1.54, 1.807) is 36.4 Å². The number of hydrogen-bond donors (Lipinski definition) is 3. The van der Waals surface area contributed by atoms with Gasteiger partial charge in [-0.15, -0.1) is 0 Å². The van der Waals surface area contributed by atoms with Crippen molar-refractivity contribution in [1.29, 1.82) is 0 Å². The molecule has 2 aromatic carbocycles. The fourth-order valence-electron chi connectivity index (χ4n) is 1.90. The Kier molecular flexibility index (Phi) is 6.92. The first kappa shape index (κ1) is 19.4. The number of carbonyl (C=O) groups excluding carboxylic acids is 2. The quantitative estimate of drug-likeness (QED) is 0.506. The molecular weight excluding hydrogens is 426 g/mol. The zero-order valence-corrected chi connectivity index (χ0v) is 16.4. The summed E-state index contributed by atoms with van der Waals surface area (Å²) in [5.41, 5.74) is 7.22. The Morgan fingerprint density at radius 3 is 2.44 bits per heavy atom. The molecule has 0 radical (unpaired) electrons. The average Bonchev–Trinajstić information content (AvgIpc) is 2.57. The average molecular weight is 441 g/mol. The van der Waals surface area contributed by atoms with Crippen LogP contribution < -0.4 is 16.2 Å². The van der Waals surface area contributed by atoms with Crippen molar-refractivity contribution in [2.75, 3.05) is 0 Å². The van der Waals surface area contributed by atoms with Gasteiger partial charge < -0.3 is 0 Å². The number of carbonyl (C=O) groups is 2. The Balaban J connectivity index is 1.81. The monoisotopic (exact) mass is 439 g/mol. The number of rotatable bonds is 3. The second-order valence-corrected chi connectivity index (χ2v) is 6.92. The van der Waals surface area contributed by atoms with Crippen LogP contribution >= 0.6 is 39.7 Å². The molecule has 0 aliphatic carbocycles. The molecule has 2 aromatic rings. The van der Waals surface area contributed by atoms with Gasteiger partial charge in [0.15, 0.2) is 5.11 Å². The van der Waals surface area contributed by atoms with Gasteiger partial charge in [-0.25, -0.2) is 0 Å². The molecule has 5 nitrogen and oxygen atoms in total. The third-order valence-corrected chi connectivity index (χ3v) is 4.56. The van der Waals surface area contributed by atoms with Gasteiger partial charge in [-0.2, -0.15) is 0 Å². The summed E-state index contributed by atoms with van der Waals surface area (Å²) in [7, 11) is 0. The lowest BCUT2D eigenvalue weighted by molar-refractivity contribution is -0.121. The van der Waals surface area contributed by atoms with E-state index in [0.29, 0.717) is 10.6 Å². The molecule has 25 heavy (non-hydrogen) atoms. The van der Waals surface area contributed by atoms with Gasteiger partial charge in [-0.1, -0.05) is 45.7 Å². The molecule has 0 aliphatic rings. The lowest BCUT2D eigenvalue weighted by atomic mass is 10.1. The van der Waals surface area contributed by atoms with Crippen molar-refractivity contribution < 1.29 is 9.59 Å². The van der Waals surface area contributed by atoms with Crippen molar-refractivity contribution in [2.24, 2.45) is 0 Å². The maximum Gasteiger partial charge on any atom is 0.257 e. The summed E-state index contributed by atoms with van der Waals surface area (Å²) >= 11 is 14.2. The van der Waals surface area contributed by atoms with Crippen LogP contribution in [0.25, 0.3) is 0 Å². The van der Waals surface area contributed by atoms with Gasteiger partial charge in [0.05, 0.1) is 6.42 Å². The molecule has 2 rings (SSSR count). The molecule has 0 bridgehead atoms. The molecule has 0 atom stereocenters. The standard InChI is InChI=1S/C17H15BrClN3O2S/c1-10-2-5-12(9-14(10)18)16(24)20-17(25)22-21-15(23)8-11-3-6-13(19)7-4-11/h2-7,9H,8H2,1H3,(H,21,23)(H2,20,22,24,25). The summed E-state index contributed by atoms with van der Waals surface area (Å²) in [6.07, 6.45) is 0.158. The van der Waals surface area contributed by atoms with Gasteiger partial charge in [-0.05, 0) is 54.5 Å². The maximum absolute atomic E-state index is 12.1. The van der Waals surface area contributed by atoms with Gasteiger partial charge in [0.1, 0.15) is 0 Å². The third kappa shape index (κ3) is 6.12. The molecule has 130 valence electrons. The van der Waals surface area contributed by atoms with Gasteiger partial charge in [0, 0.05) is 15.1 Å². The topological polar surface area (TPSA) is 70.2 Å². The smallest absolute Gasteiger partial charge is 0.257 e. The molecule has 0 unspecified atom stereocenters. The lowest BCUT2D eigenvalue weighted by Crippen LogP contribution is -2.48. The first-order valence-electron chi connectivity index (χ1n) is 7.26. The summed E-state index contributed by atoms with van der Waals surface area (Å²) in [6, 6.07) is 12.2. The highest BCUT2D eigenvalue weighted by molar-refractivity contribution is 9.10. The molecule has 0 saturated heterocycles. The SMILES string of the molecule is Cc1ccc(C(=O)NC(=S)NNC(=O)Cc2ccc(Cl)cc2)cc1Br. The van der Waals surface area contributed by atoms with Crippen molar-refractivity contribution in [3.63, 3.8) is 0 Å². The van der Waals surface area contributed by atoms with E-state index in [2.05, 4.69) is 32.1 Å². The van der Waals surface area contributed by atoms with E-state index in [1.807, 2.05) is 13.0 Å². The summed E-state index contributed by atoms with van der Waals surface area (Å²) < 4.78 is 0.829. The molecule has 8 heteroatoms. The van der Waals surface area contributed by atoms with E-state index in [-0.39, 0.29) is 23.3 Å². The number of nitrogens with one attached hydrogen (secondary N) is 3.